The Bertz CT molecular complexity index is 459. The normalized spacial score (nSPS) is 11.1. The van der Waals surface area contributed by atoms with Crippen molar-refractivity contribution in [3.8, 4) is 5.69 Å². The fourth-order valence-electron chi connectivity index (χ4n) is 1.78. The van der Waals surface area contributed by atoms with Crippen molar-refractivity contribution in [1.29, 1.82) is 0 Å². The molecule has 13 heavy (non-hydrogen) atoms. The van der Waals surface area contributed by atoms with Gasteiger partial charge in [0.1, 0.15) is 0 Å². The summed E-state index contributed by atoms with van der Waals surface area (Å²) in [7, 11) is 0. The van der Waals surface area contributed by atoms with Crippen LogP contribution in [0, 0.1) is 0 Å². The van der Waals surface area contributed by atoms with E-state index in [-0.39, 0.29) is 0 Å². The maximum absolute atomic E-state index is 2.25. The lowest BCUT2D eigenvalue weighted by Crippen LogP contribution is -1.88. The van der Waals surface area contributed by atoms with Crippen LogP contribution < -0.4 is 0 Å². The zero-order valence-electron chi connectivity index (χ0n) is 7.14. The van der Waals surface area contributed by atoms with E-state index in [1.165, 1.54) is 16.7 Å². The van der Waals surface area contributed by atoms with Crippen LogP contribution in [0.4, 0.5) is 0 Å². The molecule has 1 heteroatoms. The van der Waals surface area contributed by atoms with Crippen molar-refractivity contribution in [3.05, 3.63) is 54.6 Å². The first-order valence-corrected chi connectivity index (χ1v) is 4.40. The Balaban J connectivity index is 2.32. The fourth-order valence-corrected chi connectivity index (χ4v) is 1.78. The zero-order valence-corrected chi connectivity index (χ0v) is 7.14. The van der Waals surface area contributed by atoms with Crippen molar-refractivity contribution in [3.63, 3.8) is 0 Å². The summed E-state index contributed by atoms with van der Waals surface area (Å²) in [4.78, 5) is 0. The van der Waals surface area contributed by atoms with Gasteiger partial charge in [0.05, 0.1) is 0 Å². The Kier molecular flexibility index (Phi) is 1.22. The van der Waals surface area contributed by atoms with E-state index in [9.17, 15) is 0 Å². The average molecular weight is 167 g/mol. The molecular weight excluding hydrogens is 158 g/mol. The van der Waals surface area contributed by atoms with Gasteiger partial charge in [-0.3, -0.25) is 0 Å². The summed E-state index contributed by atoms with van der Waals surface area (Å²) in [6.45, 7) is 0. The molecule has 1 nitrogen and oxygen atoms in total. The summed E-state index contributed by atoms with van der Waals surface area (Å²) in [6, 6.07) is 19.0. The smallest absolute Gasteiger partial charge is 0.0463 e. The molecule has 2 aromatic heterocycles. The zero-order chi connectivity index (χ0) is 8.67. The van der Waals surface area contributed by atoms with Crippen LogP contribution in [0.2, 0.25) is 0 Å². The molecule has 2 bridgehead atoms. The quantitative estimate of drug-likeness (QED) is 0.525. The molecule has 1 aromatic carbocycles. The predicted molar refractivity (Wildman–Crippen MR) is 54.5 cm³/mol. The van der Waals surface area contributed by atoms with Crippen molar-refractivity contribution in [2.75, 3.05) is 0 Å². The predicted octanol–water partition coefficient (Wildman–Crippen LogP) is 3.07. The summed E-state index contributed by atoms with van der Waals surface area (Å²) in [5.41, 5.74) is 3.77. The van der Waals surface area contributed by atoms with E-state index in [0.29, 0.717) is 0 Å². The van der Waals surface area contributed by atoms with Gasteiger partial charge in [0, 0.05) is 16.7 Å². The largest absolute Gasteiger partial charge is 0.311 e. The van der Waals surface area contributed by atoms with Gasteiger partial charge in [0.15, 0.2) is 0 Å². The molecule has 2 heterocycles. The number of para-hydroxylation sites is 1. The number of rotatable bonds is 1. The van der Waals surface area contributed by atoms with E-state index >= 15 is 0 Å². The molecule has 0 fully saturated rings. The molecule has 0 N–H and O–H groups in total. The van der Waals surface area contributed by atoms with Crippen LogP contribution in [0.5, 0.6) is 0 Å². The number of nitrogens with zero attached hydrogens (tertiary/aromatic N) is 1. The first kappa shape index (κ1) is 6.72. The summed E-state index contributed by atoms with van der Waals surface area (Å²) < 4.78 is 2.25. The molecule has 0 amide bonds. The summed E-state index contributed by atoms with van der Waals surface area (Å²) in [5.74, 6) is 0. The van der Waals surface area contributed by atoms with Gasteiger partial charge in [-0.05, 0) is 36.4 Å². The van der Waals surface area contributed by atoms with Crippen molar-refractivity contribution in [1.82, 2.24) is 4.57 Å². The third-order valence-corrected chi connectivity index (χ3v) is 2.38. The van der Waals surface area contributed by atoms with Gasteiger partial charge in [-0.15, -0.1) is 0 Å². The van der Waals surface area contributed by atoms with Gasteiger partial charge in [-0.2, -0.15) is 0 Å². The van der Waals surface area contributed by atoms with E-state index in [1.807, 2.05) is 6.07 Å². The Hall–Kier alpha value is -1.76. The summed E-state index contributed by atoms with van der Waals surface area (Å²) in [6.07, 6.45) is 0. The fraction of sp³-hybridized carbons (Fsp3) is 0. The molecule has 0 saturated carbocycles. The summed E-state index contributed by atoms with van der Waals surface area (Å²) in [5, 5.41) is 0. The maximum Gasteiger partial charge on any atom is 0.0463 e. The Morgan fingerprint density at radius 1 is 0.615 bits per heavy atom. The third kappa shape index (κ3) is 0.872. The van der Waals surface area contributed by atoms with E-state index < -0.39 is 0 Å². The van der Waals surface area contributed by atoms with Crippen LogP contribution in [0.15, 0.2) is 54.6 Å². The molecule has 3 rings (SSSR count). The van der Waals surface area contributed by atoms with Crippen LogP contribution in [0.25, 0.3) is 16.7 Å². The molecule has 0 aliphatic rings. The lowest BCUT2D eigenvalue weighted by atomic mass is 10.3. The molecular formula is C12H9N. The maximum atomic E-state index is 2.25. The van der Waals surface area contributed by atoms with E-state index in [4.69, 9.17) is 0 Å². The first-order valence-electron chi connectivity index (χ1n) is 4.40. The SMILES string of the molecule is c1ccc(-n2c3ccc2cc3)cc1. The molecule has 62 valence electrons. The Morgan fingerprint density at radius 3 is 1.69 bits per heavy atom. The number of fused-ring (bicyclic) bond motifs is 2. The topological polar surface area (TPSA) is 4.93 Å². The van der Waals surface area contributed by atoms with Gasteiger partial charge in [-0.25, -0.2) is 0 Å². The molecule has 0 unspecified atom stereocenters. The molecule has 0 aliphatic carbocycles. The van der Waals surface area contributed by atoms with Crippen LogP contribution >= 0.6 is 0 Å². The molecule has 0 atom stereocenters. The van der Waals surface area contributed by atoms with E-state index in [2.05, 4.69) is 53.1 Å². The first-order chi connectivity index (χ1) is 6.45. The monoisotopic (exact) mass is 167 g/mol. The molecule has 0 spiro atoms. The highest BCUT2D eigenvalue weighted by molar-refractivity contribution is 5.72. The van der Waals surface area contributed by atoms with Crippen LogP contribution in [0.3, 0.4) is 0 Å². The van der Waals surface area contributed by atoms with Crippen LogP contribution in [-0.4, -0.2) is 4.57 Å². The number of hydrogen-bond acceptors (Lipinski definition) is 0. The highest BCUT2D eigenvalue weighted by atomic mass is 15.0. The minimum atomic E-state index is 1.24. The lowest BCUT2D eigenvalue weighted by Gasteiger charge is -2.02. The van der Waals surface area contributed by atoms with Crippen LogP contribution in [0.1, 0.15) is 0 Å². The van der Waals surface area contributed by atoms with Crippen molar-refractivity contribution in [2.24, 2.45) is 0 Å². The van der Waals surface area contributed by atoms with Crippen molar-refractivity contribution in [2.45, 2.75) is 0 Å². The molecule has 0 radical (unpaired) electrons. The average Bonchev–Trinajstić information content (AvgIpc) is 2.78. The van der Waals surface area contributed by atoms with Gasteiger partial charge >= 0.3 is 0 Å². The van der Waals surface area contributed by atoms with E-state index in [0.717, 1.165) is 0 Å². The minimum absolute atomic E-state index is 1.24. The number of hydrogen-bond donors (Lipinski definition) is 0. The van der Waals surface area contributed by atoms with Crippen LogP contribution in [-0.2, 0) is 0 Å². The van der Waals surface area contributed by atoms with Gasteiger partial charge in [0.2, 0.25) is 0 Å². The molecule has 0 saturated heterocycles. The summed E-state index contributed by atoms with van der Waals surface area (Å²) >= 11 is 0. The number of benzene rings is 2. The Labute approximate surface area is 76.6 Å². The molecule has 3 aromatic rings. The minimum Gasteiger partial charge on any atom is -0.311 e. The van der Waals surface area contributed by atoms with Crippen molar-refractivity contribution < 1.29 is 0 Å². The van der Waals surface area contributed by atoms with Gasteiger partial charge in [0.25, 0.3) is 0 Å². The lowest BCUT2D eigenvalue weighted by molar-refractivity contribution is 1.19. The second-order valence-electron chi connectivity index (χ2n) is 3.19. The number of aromatic nitrogens is 1. The van der Waals surface area contributed by atoms with Crippen molar-refractivity contribution >= 4 is 11.0 Å². The van der Waals surface area contributed by atoms with E-state index in [1.54, 1.807) is 0 Å². The van der Waals surface area contributed by atoms with Gasteiger partial charge < -0.3 is 4.57 Å². The second kappa shape index (κ2) is 2.36. The second-order valence-corrected chi connectivity index (χ2v) is 3.19. The standard InChI is InChI=1S/C12H9N/c1-2-4-10(5-3-1)13-11-6-7-12(13)9-8-11/h1-9H. The highest BCUT2D eigenvalue weighted by Crippen LogP contribution is 2.21. The molecule has 0 aliphatic heterocycles. The highest BCUT2D eigenvalue weighted by Gasteiger charge is 2.03. The Morgan fingerprint density at radius 2 is 1.15 bits per heavy atom. The van der Waals surface area contributed by atoms with Gasteiger partial charge in [-0.1, -0.05) is 18.2 Å². The third-order valence-electron chi connectivity index (χ3n) is 2.38.